The first-order valence-electron chi connectivity index (χ1n) is 8.92. The van der Waals surface area contributed by atoms with Gasteiger partial charge in [-0.3, -0.25) is 0 Å². The molecule has 8 heteroatoms. The van der Waals surface area contributed by atoms with E-state index in [-0.39, 0.29) is 10.3 Å². The lowest BCUT2D eigenvalue weighted by molar-refractivity contribution is 0.174. The fraction of sp³-hybridized carbons (Fsp3) is 0.474. The molecule has 0 amide bonds. The number of aromatic nitrogens is 2. The molecule has 1 saturated heterocycles. The molecule has 0 bridgehead atoms. The number of benzene rings is 1. The summed E-state index contributed by atoms with van der Waals surface area (Å²) in [4.78, 5) is 2.02. The Balaban J connectivity index is 1.73. The molecular weight excluding hydrogens is 364 g/mol. The van der Waals surface area contributed by atoms with Crippen LogP contribution in [0.2, 0.25) is 0 Å². The molecule has 2 N–H and O–H groups in total. The molecule has 0 spiro atoms. The molecule has 2 atom stereocenters. The molecule has 7 nitrogen and oxygen atoms in total. The van der Waals surface area contributed by atoms with Gasteiger partial charge >= 0.3 is 0 Å². The van der Waals surface area contributed by atoms with Crippen molar-refractivity contribution in [2.24, 2.45) is 0 Å². The molecule has 27 heavy (non-hydrogen) atoms. The number of aliphatic hydroxyl groups is 1. The van der Waals surface area contributed by atoms with Gasteiger partial charge in [-0.25, -0.2) is 13.1 Å². The predicted octanol–water partition coefficient (Wildman–Crippen LogP) is 1.61. The summed E-state index contributed by atoms with van der Waals surface area (Å²) in [6.45, 7) is 8.70. The first-order chi connectivity index (χ1) is 12.6. The van der Waals surface area contributed by atoms with E-state index in [1.165, 1.54) is 0 Å². The number of aryl methyl sites for hydroxylation is 1. The fourth-order valence-electron chi connectivity index (χ4n) is 3.05. The molecule has 2 aromatic rings. The molecule has 1 aromatic heterocycles. The first-order valence-corrected chi connectivity index (χ1v) is 10.4. The number of aliphatic hydroxyl groups excluding tert-OH is 1. The maximum Gasteiger partial charge on any atom is 0.240 e. The van der Waals surface area contributed by atoms with E-state index in [0.29, 0.717) is 18.9 Å². The number of nitrogens with zero attached hydrogens (tertiary/aromatic N) is 3. The molecule has 2 heterocycles. The number of hydrogen-bond donors (Lipinski definition) is 2. The number of hydrogen-bond acceptors (Lipinski definition) is 6. The van der Waals surface area contributed by atoms with Gasteiger partial charge in [-0.2, -0.15) is 5.10 Å². The van der Waals surface area contributed by atoms with Gasteiger partial charge in [0.05, 0.1) is 22.7 Å². The first kappa shape index (κ1) is 19.7. The molecule has 3 rings (SSSR count). The van der Waals surface area contributed by atoms with Crippen molar-refractivity contribution in [2.75, 3.05) is 18.0 Å². The highest BCUT2D eigenvalue weighted by Gasteiger charge is 2.35. The van der Waals surface area contributed by atoms with E-state index in [1.54, 1.807) is 12.1 Å². The van der Waals surface area contributed by atoms with Gasteiger partial charge in [0.1, 0.15) is 0 Å². The van der Waals surface area contributed by atoms with Crippen LogP contribution in [0.3, 0.4) is 0 Å². The average Bonchev–Trinajstić information content (AvgIpc) is 2.95. The number of nitrogens with one attached hydrogen (secondary N) is 1. The van der Waals surface area contributed by atoms with Gasteiger partial charge in [0.2, 0.25) is 10.0 Å². The standard InChI is InChI=1S/C19H26N4O3S/c1-13-5-10-18(21-20-13)23-11-16(17(24)12-23)22-27(25,26)15-8-6-14(7-9-15)19(2,3)4/h5-10,16-17,22,24H,11-12H2,1-4H3/t16-,17-/m0/s1. The minimum atomic E-state index is -3.72. The Bertz CT molecular complexity index is 890. The summed E-state index contributed by atoms with van der Waals surface area (Å²) in [5.41, 5.74) is 1.81. The molecule has 1 fully saturated rings. The zero-order valence-corrected chi connectivity index (χ0v) is 16.9. The van der Waals surface area contributed by atoms with Crippen molar-refractivity contribution in [3.8, 4) is 0 Å². The summed E-state index contributed by atoms with van der Waals surface area (Å²) in [6, 6.07) is 9.91. The van der Waals surface area contributed by atoms with Crippen LogP contribution in [0.25, 0.3) is 0 Å². The van der Waals surface area contributed by atoms with Gasteiger partial charge in [-0.1, -0.05) is 32.9 Å². The Kier molecular flexibility index (Phi) is 5.24. The number of rotatable bonds is 4. The van der Waals surface area contributed by atoms with E-state index in [9.17, 15) is 13.5 Å². The van der Waals surface area contributed by atoms with Crippen LogP contribution in [0.1, 0.15) is 32.0 Å². The molecule has 146 valence electrons. The highest BCUT2D eigenvalue weighted by molar-refractivity contribution is 7.89. The number of anilines is 1. The second kappa shape index (κ2) is 7.18. The molecule has 1 aromatic carbocycles. The van der Waals surface area contributed by atoms with E-state index < -0.39 is 22.2 Å². The molecule has 0 aliphatic carbocycles. The van der Waals surface area contributed by atoms with Crippen LogP contribution in [-0.4, -0.2) is 49.0 Å². The highest BCUT2D eigenvalue weighted by atomic mass is 32.2. The van der Waals surface area contributed by atoms with Crippen LogP contribution in [0, 0.1) is 6.92 Å². The maximum atomic E-state index is 12.7. The van der Waals surface area contributed by atoms with Gasteiger partial charge in [0.15, 0.2) is 5.82 Å². The minimum Gasteiger partial charge on any atom is -0.390 e. The Morgan fingerprint density at radius 2 is 1.74 bits per heavy atom. The van der Waals surface area contributed by atoms with Gasteiger partial charge in [0, 0.05) is 13.1 Å². The summed E-state index contributed by atoms with van der Waals surface area (Å²) < 4.78 is 28.1. The Labute approximate surface area is 160 Å². The lowest BCUT2D eigenvalue weighted by atomic mass is 9.87. The van der Waals surface area contributed by atoms with Gasteiger partial charge in [0.25, 0.3) is 0 Å². The van der Waals surface area contributed by atoms with Crippen LogP contribution in [0.5, 0.6) is 0 Å². The minimum absolute atomic E-state index is 0.0487. The average molecular weight is 391 g/mol. The van der Waals surface area contributed by atoms with E-state index in [0.717, 1.165) is 11.3 Å². The van der Waals surface area contributed by atoms with Gasteiger partial charge in [-0.15, -0.1) is 5.10 Å². The fourth-order valence-corrected chi connectivity index (χ4v) is 4.31. The Morgan fingerprint density at radius 1 is 1.07 bits per heavy atom. The summed E-state index contributed by atoms with van der Waals surface area (Å²) >= 11 is 0. The molecule has 1 aliphatic rings. The second-order valence-electron chi connectivity index (χ2n) is 8.01. The van der Waals surface area contributed by atoms with Crippen LogP contribution in [-0.2, 0) is 15.4 Å². The monoisotopic (exact) mass is 390 g/mol. The van der Waals surface area contributed by atoms with Crippen LogP contribution >= 0.6 is 0 Å². The summed E-state index contributed by atoms with van der Waals surface area (Å²) in [7, 11) is -3.72. The van der Waals surface area contributed by atoms with Crippen LogP contribution in [0.4, 0.5) is 5.82 Å². The lowest BCUT2D eigenvalue weighted by Gasteiger charge is -2.20. The Hall–Kier alpha value is -2.03. The van der Waals surface area contributed by atoms with Crippen molar-refractivity contribution in [2.45, 2.75) is 50.2 Å². The van der Waals surface area contributed by atoms with E-state index >= 15 is 0 Å². The predicted molar refractivity (Wildman–Crippen MR) is 104 cm³/mol. The topological polar surface area (TPSA) is 95.4 Å². The van der Waals surface area contributed by atoms with Crippen molar-refractivity contribution in [1.29, 1.82) is 0 Å². The molecule has 0 saturated carbocycles. The van der Waals surface area contributed by atoms with Crippen molar-refractivity contribution in [3.63, 3.8) is 0 Å². The third kappa shape index (κ3) is 4.45. The van der Waals surface area contributed by atoms with Crippen LogP contribution in [0.15, 0.2) is 41.3 Å². The van der Waals surface area contributed by atoms with Gasteiger partial charge in [-0.05, 0) is 42.2 Å². The van der Waals surface area contributed by atoms with Gasteiger partial charge < -0.3 is 10.0 Å². The highest BCUT2D eigenvalue weighted by Crippen LogP contribution is 2.24. The summed E-state index contributed by atoms with van der Waals surface area (Å²) in [5.74, 6) is 0.621. The number of sulfonamides is 1. The van der Waals surface area contributed by atoms with E-state index in [1.807, 2.05) is 36.1 Å². The van der Waals surface area contributed by atoms with E-state index in [2.05, 4.69) is 35.7 Å². The molecule has 0 radical (unpaired) electrons. The molecule has 0 unspecified atom stereocenters. The number of β-amino-alcohol motifs (C(OH)–C–C–N with tert-alkyl or cyclic N) is 1. The van der Waals surface area contributed by atoms with Crippen molar-refractivity contribution in [1.82, 2.24) is 14.9 Å². The SMILES string of the molecule is Cc1ccc(N2C[C@H](NS(=O)(=O)c3ccc(C(C)(C)C)cc3)[C@@H](O)C2)nn1. The maximum absolute atomic E-state index is 12.7. The largest absolute Gasteiger partial charge is 0.390 e. The Morgan fingerprint density at radius 3 is 2.30 bits per heavy atom. The zero-order chi connectivity index (χ0) is 19.8. The summed E-state index contributed by atoms with van der Waals surface area (Å²) in [6.07, 6.45) is -0.822. The van der Waals surface area contributed by atoms with Crippen LogP contribution < -0.4 is 9.62 Å². The second-order valence-corrected chi connectivity index (χ2v) is 9.72. The summed E-state index contributed by atoms with van der Waals surface area (Å²) in [5, 5.41) is 18.4. The third-order valence-electron chi connectivity index (χ3n) is 4.73. The van der Waals surface area contributed by atoms with E-state index in [4.69, 9.17) is 0 Å². The third-order valence-corrected chi connectivity index (χ3v) is 6.24. The van der Waals surface area contributed by atoms with Crippen molar-refractivity contribution in [3.05, 3.63) is 47.7 Å². The lowest BCUT2D eigenvalue weighted by Crippen LogP contribution is -2.42. The molecule has 1 aliphatic heterocycles. The normalized spacial score (nSPS) is 20.9. The zero-order valence-electron chi connectivity index (χ0n) is 16.0. The smallest absolute Gasteiger partial charge is 0.240 e. The quantitative estimate of drug-likeness (QED) is 0.824. The van der Waals surface area contributed by atoms with Crippen molar-refractivity contribution < 1.29 is 13.5 Å². The molecular formula is C19H26N4O3S. The van der Waals surface area contributed by atoms with Crippen molar-refractivity contribution >= 4 is 15.8 Å².